The van der Waals surface area contributed by atoms with Crippen LogP contribution >= 0.6 is 23.2 Å². The minimum absolute atomic E-state index is 0.0768. The van der Waals surface area contributed by atoms with Gasteiger partial charge < -0.3 is 10.6 Å². The lowest BCUT2D eigenvalue weighted by Crippen LogP contribution is -2.04. The molecular formula is C12H9Cl2F2N3. The van der Waals surface area contributed by atoms with Gasteiger partial charge in [0.1, 0.15) is 0 Å². The highest BCUT2D eigenvalue weighted by Crippen LogP contribution is 2.33. The maximum atomic E-state index is 13.6. The number of anilines is 3. The number of benzene rings is 1. The molecule has 1 heterocycles. The summed E-state index contributed by atoms with van der Waals surface area (Å²) in [6.45, 7) is 0. The molecule has 0 unspecified atom stereocenters. The molecule has 1 aromatic heterocycles. The van der Waals surface area contributed by atoms with E-state index in [0.29, 0.717) is 15.7 Å². The molecule has 0 aliphatic heterocycles. The summed E-state index contributed by atoms with van der Waals surface area (Å²) in [6, 6.07) is 5.57. The molecule has 3 nitrogen and oxygen atoms in total. The van der Waals surface area contributed by atoms with Gasteiger partial charge in [-0.1, -0.05) is 29.3 Å². The minimum atomic E-state index is -0.840. The van der Waals surface area contributed by atoms with Crippen molar-refractivity contribution in [2.24, 2.45) is 0 Å². The van der Waals surface area contributed by atoms with E-state index >= 15 is 0 Å². The number of hydrogen-bond acceptors (Lipinski definition) is 3. The highest BCUT2D eigenvalue weighted by molar-refractivity contribution is 6.39. The molecule has 100 valence electrons. The van der Waals surface area contributed by atoms with E-state index < -0.39 is 11.6 Å². The molecule has 0 aliphatic carbocycles. The first-order valence-electron chi connectivity index (χ1n) is 5.27. The van der Waals surface area contributed by atoms with Gasteiger partial charge in [0.15, 0.2) is 23.3 Å². The monoisotopic (exact) mass is 303 g/mol. The molecule has 1 aromatic carbocycles. The van der Waals surface area contributed by atoms with Crippen LogP contribution in [0.3, 0.4) is 0 Å². The first-order chi connectivity index (χ1) is 9.02. The van der Waals surface area contributed by atoms with Crippen molar-refractivity contribution >= 4 is 40.5 Å². The second-order valence-electron chi connectivity index (χ2n) is 3.62. The average molecular weight is 304 g/mol. The number of pyridine rings is 1. The number of nitrogens with one attached hydrogen (secondary N) is 2. The van der Waals surface area contributed by atoms with Gasteiger partial charge in [0.05, 0.1) is 15.7 Å². The molecule has 0 saturated carbocycles. The lowest BCUT2D eigenvalue weighted by Gasteiger charge is -2.11. The molecule has 0 atom stereocenters. The van der Waals surface area contributed by atoms with Crippen molar-refractivity contribution in [3.05, 3.63) is 45.9 Å². The summed E-state index contributed by atoms with van der Waals surface area (Å²) >= 11 is 11.9. The van der Waals surface area contributed by atoms with Gasteiger partial charge in [0.2, 0.25) is 0 Å². The van der Waals surface area contributed by atoms with Crippen LogP contribution in [0.2, 0.25) is 10.0 Å². The van der Waals surface area contributed by atoms with Gasteiger partial charge in [-0.05, 0) is 12.1 Å². The summed E-state index contributed by atoms with van der Waals surface area (Å²) in [5.74, 6) is -1.86. The third-order valence-electron chi connectivity index (χ3n) is 2.37. The van der Waals surface area contributed by atoms with Crippen LogP contribution in [-0.4, -0.2) is 12.0 Å². The Morgan fingerprint density at radius 2 is 1.63 bits per heavy atom. The predicted molar refractivity (Wildman–Crippen MR) is 73.4 cm³/mol. The van der Waals surface area contributed by atoms with Crippen molar-refractivity contribution in [1.29, 1.82) is 0 Å². The molecule has 0 saturated heterocycles. The first-order valence-corrected chi connectivity index (χ1v) is 6.03. The molecule has 2 aromatic rings. The Balaban J connectivity index is 2.44. The summed E-state index contributed by atoms with van der Waals surface area (Å²) in [5, 5.41) is 5.79. The summed E-state index contributed by atoms with van der Waals surface area (Å²) in [7, 11) is 1.48. The predicted octanol–water partition coefficient (Wildman–Crippen LogP) is 4.45. The molecule has 0 amide bonds. The topological polar surface area (TPSA) is 37.0 Å². The first kappa shape index (κ1) is 13.8. The Kier molecular flexibility index (Phi) is 4.07. The third-order valence-corrected chi connectivity index (χ3v) is 3.00. The minimum Gasteiger partial charge on any atom is -0.371 e. The van der Waals surface area contributed by atoms with Gasteiger partial charge in [0, 0.05) is 13.1 Å². The zero-order chi connectivity index (χ0) is 14.0. The lowest BCUT2D eigenvalue weighted by molar-refractivity contribution is 0.580. The average Bonchev–Trinajstić information content (AvgIpc) is 2.36. The maximum Gasteiger partial charge on any atom is 0.169 e. The number of hydrogen-bond donors (Lipinski definition) is 2. The van der Waals surface area contributed by atoms with Crippen LogP contribution in [-0.2, 0) is 0 Å². The van der Waals surface area contributed by atoms with E-state index in [0.717, 1.165) is 6.07 Å². The molecule has 0 fully saturated rings. The molecule has 0 aliphatic rings. The standard InChI is InChI=1S/C12H9Cl2F2N3/c1-17-11-8(15)5-9(16)12(19-11)18-10-6(13)3-2-4-7(10)14/h2-5H,1H3,(H2,17,18,19). The van der Waals surface area contributed by atoms with E-state index in [1.54, 1.807) is 18.2 Å². The fourth-order valence-corrected chi connectivity index (χ4v) is 1.96. The van der Waals surface area contributed by atoms with Gasteiger partial charge >= 0.3 is 0 Å². The SMILES string of the molecule is CNc1nc(Nc2c(Cl)cccc2Cl)c(F)cc1F. The van der Waals surface area contributed by atoms with Crippen LogP contribution in [0.15, 0.2) is 24.3 Å². The molecule has 2 N–H and O–H groups in total. The van der Waals surface area contributed by atoms with Gasteiger partial charge in [-0.15, -0.1) is 0 Å². The third kappa shape index (κ3) is 2.88. The molecule has 0 radical (unpaired) electrons. The van der Waals surface area contributed by atoms with Crippen LogP contribution < -0.4 is 10.6 Å². The highest BCUT2D eigenvalue weighted by atomic mass is 35.5. The van der Waals surface area contributed by atoms with Crippen molar-refractivity contribution in [2.45, 2.75) is 0 Å². The fraction of sp³-hybridized carbons (Fsp3) is 0.0833. The molecular weight excluding hydrogens is 295 g/mol. The van der Waals surface area contributed by atoms with Crippen molar-refractivity contribution < 1.29 is 8.78 Å². The molecule has 7 heteroatoms. The Hall–Kier alpha value is -1.59. The number of para-hydroxylation sites is 1. The van der Waals surface area contributed by atoms with E-state index in [1.165, 1.54) is 7.05 Å². The summed E-state index contributed by atoms with van der Waals surface area (Å²) in [6.07, 6.45) is 0. The Labute approximate surface area is 118 Å². The smallest absolute Gasteiger partial charge is 0.169 e. The second-order valence-corrected chi connectivity index (χ2v) is 4.44. The van der Waals surface area contributed by atoms with Gasteiger partial charge in [-0.25, -0.2) is 13.8 Å². The van der Waals surface area contributed by atoms with Crippen molar-refractivity contribution in [3.8, 4) is 0 Å². The van der Waals surface area contributed by atoms with Crippen LogP contribution in [0.25, 0.3) is 0 Å². The fourth-order valence-electron chi connectivity index (χ4n) is 1.47. The number of aromatic nitrogens is 1. The normalized spacial score (nSPS) is 10.4. The summed E-state index contributed by atoms with van der Waals surface area (Å²) in [4.78, 5) is 3.78. The highest BCUT2D eigenvalue weighted by Gasteiger charge is 2.13. The van der Waals surface area contributed by atoms with E-state index in [9.17, 15) is 8.78 Å². The van der Waals surface area contributed by atoms with E-state index in [4.69, 9.17) is 23.2 Å². The van der Waals surface area contributed by atoms with Crippen molar-refractivity contribution in [3.63, 3.8) is 0 Å². The molecule has 19 heavy (non-hydrogen) atoms. The maximum absolute atomic E-state index is 13.6. The summed E-state index contributed by atoms with van der Waals surface area (Å²) in [5.41, 5.74) is 0.311. The zero-order valence-corrected chi connectivity index (χ0v) is 11.3. The van der Waals surface area contributed by atoms with E-state index in [1.807, 2.05) is 0 Å². The van der Waals surface area contributed by atoms with Crippen LogP contribution in [0.4, 0.5) is 26.1 Å². The molecule has 0 bridgehead atoms. The number of nitrogens with zero attached hydrogens (tertiary/aromatic N) is 1. The molecule has 0 spiro atoms. The zero-order valence-electron chi connectivity index (χ0n) is 9.77. The van der Waals surface area contributed by atoms with Crippen molar-refractivity contribution in [2.75, 3.05) is 17.7 Å². The van der Waals surface area contributed by atoms with Gasteiger partial charge in [-0.3, -0.25) is 0 Å². The summed E-state index contributed by atoms with van der Waals surface area (Å²) < 4.78 is 26.9. The number of halogens is 4. The quantitative estimate of drug-likeness (QED) is 0.879. The van der Waals surface area contributed by atoms with E-state index in [2.05, 4.69) is 15.6 Å². The number of rotatable bonds is 3. The molecule has 2 rings (SSSR count). The van der Waals surface area contributed by atoms with Crippen LogP contribution in [0, 0.1) is 11.6 Å². The van der Waals surface area contributed by atoms with Crippen LogP contribution in [0.5, 0.6) is 0 Å². The second kappa shape index (κ2) is 5.59. The van der Waals surface area contributed by atoms with Crippen molar-refractivity contribution in [1.82, 2.24) is 4.98 Å². The Morgan fingerprint density at radius 3 is 2.21 bits per heavy atom. The van der Waals surface area contributed by atoms with Gasteiger partial charge in [-0.2, -0.15) is 0 Å². The van der Waals surface area contributed by atoms with E-state index in [-0.39, 0.29) is 11.6 Å². The van der Waals surface area contributed by atoms with Gasteiger partial charge in [0.25, 0.3) is 0 Å². The lowest BCUT2D eigenvalue weighted by atomic mass is 10.3. The largest absolute Gasteiger partial charge is 0.371 e. The Morgan fingerprint density at radius 1 is 1.05 bits per heavy atom. The Bertz CT molecular complexity index is 600. The van der Waals surface area contributed by atoms with Crippen LogP contribution in [0.1, 0.15) is 0 Å².